The highest BCUT2D eigenvalue weighted by atomic mass is 35.5. The van der Waals surface area contributed by atoms with E-state index in [0.29, 0.717) is 38.5 Å². The van der Waals surface area contributed by atoms with E-state index >= 15 is 0 Å². The van der Waals surface area contributed by atoms with Gasteiger partial charge in [-0.15, -0.1) is 11.6 Å². The molecule has 3 amide bonds. The zero-order valence-corrected chi connectivity index (χ0v) is 12.9. The number of hydrogen-bond donors (Lipinski definition) is 2. The molecule has 1 heterocycles. The molecule has 1 fully saturated rings. The van der Waals surface area contributed by atoms with Gasteiger partial charge in [0.15, 0.2) is 0 Å². The Kier molecular flexibility index (Phi) is 6.00. The average Bonchev–Trinajstić information content (AvgIpc) is 2.85. The summed E-state index contributed by atoms with van der Waals surface area (Å²) in [6, 6.07) is 5.85. The minimum absolute atomic E-state index is 0.0530. The fraction of sp³-hybridized carbons (Fsp3) is 0.467. The molecule has 0 radical (unpaired) electrons. The predicted octanol–water partition coefficient (Wildman–Crippen LogP) is 1.71. The minimum atomic E-state index is -0.290. The third-order valence-corrected chi connectivity index (χ3v) is 3.70. The average molecular weight is 328 g/mol. The molecule has 1 saturated heterocycles. The number of alkyl halides is 1. The number of carbonyl (C=O) groups is 2. The van der Waals surface area contributed by atoms with Crippen LogP contribution in [0.2, 0.25) is 0 Å². The van der Waals surface area contributed by atoms with E-state index in [9.17, 15) is 14.0 Å². The maximum atomic E-state index is 12.9. The lowest BCUT2D eigenvalue weighted by atomic mass is 10.1. The molecule has 1 aromatic rings. The van der Waals surface area contributed by atoms with Crippen LogP contribution >= 0.6 is 11.6 Å². The molecule has 0 bridgehead atoms. The number of amides is 3. The van der Waals surface area contributed by atoms with Crippen LogP contribution in [0.15, 0.2) is 24.3 Å². The molecule has 120 valence electrons. The van der Waals surface area contributed by atoms with Crippen LogP contribution in [0.4, 0.5) is 9.18 Å². The van der Waals surface area contributed by atoms with Crippen molar-refractivity contribution in [1.82, 2.24) is 15.5 Å². The van der Waals surface area contributed by atoms with Crippen molar-refractivity contribution in [2.45, 2.75) is 13.0 Å². The van der Waals surface area contributed by atoms with Gasteiger partial charge in [0.25, 0.3) is 0 Å². The molecule has 0 aliphatic carbocycles. The first kappa shape index (κ1) is 16.5. The van der Waals surface area contributed by atoms with E-state index in [4.69, 9.17) is 11.6 Å². The van der Waals surface area contributed by atoms with E-state index in [1.165, 1.54) is 12.1 Å². The normalized spacial score (nSPS) is 17.6. The van der Waals surface area contributed by atoms with Crippen LogP contribution in [0.25, 0.3) is 0 Å². The monoisotopic (exact) mass is 327 g/mol. The van der Waals surface area contributed by atoms with Gasteiger partial charge in [0.05, 0.1) is 0 Å². The zero-order chi connectivity index (χ0) is 15.9. The molecule has 1 aromatic carbocycles. The first-order valence-corrected chi connectivity index (χ1v) is 7.72. The molecule has 2 N–H and O–H groups in total. The van der Waals surface area contributed by atoms with Crippen molar-refractivity contribution in [3.05, 3.63) is 35.6 Å². The number of likely N-dealkylation sites (tertiary alicyclic amines) is 1. The number of nitrogens with zero attached hydrogens (tertiary/aromatic N) is 1. The van der Waals surface area contributed by atoms with E-state index in [1.807, 2.05) is 0 Å². The van der Waals surface area contributed by atoms with Crippen molar-refractivity contribution in [3.8, 4) is 0 Å². The van der Waals surface area contributed by atoms with E-state index in [-0.39, 0.29) is 23.7 Å². The van der Waals surface area contributed by atoms with Crippen molar-refractivity contribution in [1.29, 1.82) is 0 Å². The lowest BCUT2D eigenvalue weighted by Crippen LogP contribution is -2.39. The van der Waals surface area contributed by atoms with Crippen molar-refractivity contribution in [2.24, 2.45) is 5.92 Å². The smallest absolute Gasteiger partial charge is 0.314 e. The highest BCUT2D eigenvalue weighted by Gasteiger charge is 2.29. The van der Waals surface area contributed by atoms with Gasteiger partial charge in [0, 0.05) is 44.4 Å². The summed E-state index contributed by atoms with van der Waals surface area (Å²) in [4.78, 5) is 25.1. The largest absolute Gasteiger partial charge is 0.338 e. The lowest BCUT2D eigenvalue weighted by Gasteiger charge is -2.17. The highest BCUT2D eigenvalue weighted by molar-refractivity contribution is 6.18. The van der Waals surface area contributed by atoms with Crippen molar-refractivity contribution in [3.63, 3.8) is 0 Å². The Bertz CT molecular complexity index is 524. The fourth-order valence-electron chi connectivity index (χ4n) is 2.41. The van der Waals surface area contributed by atoms with Crippen LogP contribution < -0.4 is 10.6 Å². The second kappa shape index (κ2) is 7.98. The third kappa shape index (κ3) is 4.87. The summed E-state index contributed by atoms with van der Waals surface area (Å²) < 4.78 is 12.9. The molecule has 1 unspecified atom stereocenters. The highest BCUT2D eigenvalue weighted by Crippen LogP contribution is 2.19. The summed E-state index contributed by atoms with van der Waals surface area (Å²) in [7, 11) is 0. The summed E-state index contributed by atoms with van der Waals surface area (Å²) in [5.74, 6) is 0.217. The Morgan fingerprint density at radius 3 is 2.73 bits per heavy atom. The van der Waals surface area contributed by atoms with Gasteiger partial charge in [-0.25, -0.2) is 9.18 Å². The first-order chi connectivity index (χ1) is 10.6. The first-order valence-electron chi connectivity index (χ1n) is 7.18. The molecular formula is C15H19ClFN3O2. The Morgan fingerprint density at radius 1 is 1.32 bits per heavy atom. The maximum absolute atomic E-state index is 12.9. The second-order valence-electron chi connectivity index (χ2n) is 5.30. The second-order valence-corrected chi connectivity index (χ2v) is 5.67. The van der Waals surface area contributed by atoms with Gasteiger partial charge in [-0.05, 0) is 17.7 Å². The van der Waals surface area contributed by atoms with Crippen molar-refractivity contribution in [2.75, 3.05) is 25.5 Å². The van der Waals surface area contributed by atoms with Gasteiger partial charge in [-0.2, -0.15) is 0 Å². The lowest BCUT2D eigenvalue weighted by molar-refractivity contribution is -0.128. The van der Waals surface area contributed by atoms with E-state index in [0.717, 1.165) is 5.56 Å². The molecule has 7 heteroatoms. The molecule has 2 rings (SSSR count). The molecule has 0 saturated carbocycles. The standard InChI is InChI=1S/C15H19ClFN3O2/c16-5-6-18-15(22)19-8-12-7-14(21)20(10-12)9-11-1-3-13(17)4-2-11/h1-4,12H,5-10H2,(H2,18,19,22). The predicted molar refractivity (Wildman–Crippen MR) is 82.0 cm³/mol. The van der Waals surface area contributed by atoms with Gasteiger partial charge >= 0.3 is 6.03 Å². The molecule has 0 aromatic heterocycles. The summed E-state index contributed by atoms with van der Waals surface area (Å²) in [6.07, 6.45) is 0.414. The van der Waals surface area contributed by atoms with E-state index < -0.39 is 0 Å². The number of halogens is 2. The summed E-state index contributed by atoms with van der Waals surface area (Å²) in [6.45, 7) is 1.91. The number of benzene rings is 1. The van der Waals surface area contributed by atoms with Gasteiger partial charge in [0.2, 0.25) is 5.91 Å². The third-order valence-electron chi connectivity index (χ3n) is 3.51. The quantitative estimate of drug-likeness (QED) is 0.781. The molecule has 0 spiro atoms. The summed E-state index contributed by atoms with van der Waals surface area (Å²) in [5.41, 5.74) is 0.892. The van der Waals surface area contributed by atoms with Crippen LogP contribution in [0.3, 0.4) is 0 Å². The number of hydrogen-bond acceptors (Lipinski definition) is 2. The van der Waals surface area contributed by atoms with Crippen LogP contribution in [-0.4, -0.2) is 42.4 Å². The van der Waals surface area contributed by atoms with E-state index in [1.54, 1.807) is 17.0 Å². The number of rotatable bonds is 6. The minimum Gasteiger partial charge on any atom is -0.338 e. The van der Waals surface area contributed by atoms with Gasteiger partial charge < -0.3 is 15.5 Å². The van der Waals surface area contributed by atoms with Gasteiger partial charge in [0.1, 0.15) is 5.82 Å². The Balaban J connectivity index is 1.78. The number of urea groups is 1. The van der Waals surface area contributed by atoms with Crippen LogP contribution in [0.5, 0.6) is 0 Å². The Hall–Kier alpha value is -1.82. The number of carbonyl (C=O) groups excluding carboxylic acids is 2. The van der Waals surface area contributed by atoms with Gasteiger partial charge in [-0.1, -0.05) is 12.1 Å². The van der Waals surface area contributed by atoms with Crippen LogP contribution in [0, 0.1) is 11.7 Å². The van der Waals surface area contributed by atoms with Crippen molar-refractivity contribution >= 4 is 23.5 Å². The fourth-order valence-corrected chi connectivity index (χ4v) is 2.51. The molecular weight excluding hydrogens is 309 g/mol. The van der Waals surface area contributed by atoms with Crippen molar-refractivity contribution < 1.29 is 14.0 Å². The Morgan fingerprint density at radius 2 is 2.05 bits per heavy atom. The van der Waals surface area contributed by atoms with E-state index in [2.05, 4.69) is 10.6 Å². The summed E-state index contributed by atoms with van der Waals surface area (Å²) >= 11 is 5.48. The van der Waals surface area contributed by atoms with Gasteiger partial charge in [-0.3, -0.25) is 4.79 Å². The molecule has 1 aliphatic heterocycles. The molecule has 22 heavy (non-hydrogen) atoms. The topological polar surface area (TPSA) is 61.4 Å². The Labute approximate surface area is 133 Å². The zero-order valence-electron chi connectivity index (χ0n) is 12.1. The summed E-state index contributed by atoms with van der Waals surface area (Å²) in [5, 5.41) is 5.34. The van der Waals surface area contributed by atoms with Crippen LogP contribution in [-0.2, 0) is 11.3 Å². The molecule has 1 atom stereocenters. The SMILES string of the molecule is O=C(NCCCl)NCC1CC(=O)N(Cc2ccc(F)cc2)C1. The van der Waals surface area contributed by atoms with Crippen LogP contribution in [0.1, 0.15) is 12.0 Å². The molecule has 5 nitrogen and oxygen atoms in total. The maximum Gasteiger partial charge on any atom is 0.314 e. The number of nitrogens with one attached hydrogen (secondary N) is 2. The molecule has 1 aliphatic rings.